The molecular weight excluding hydrogens is 258 g/mol. The number of pyridine rings is 1. The first kappa shape index (κ1) is 14.3. The van der Waals surface area contributed by atoms with Crippen LogP contribution >= 0.6 is 0 Å². The number of hydrogen-bond acceptors (Lipinski definition) is 4. The molecule has 2 rings (SSSR count). The normalized spacial score (nSPS) is 10.8. The zero-order chi connectivity index (χ0) is 14.4. The fraction of sp³-hybridized carbons (Fsp3) is 0.462. The third-order valence-electron chi connectivity index (χ3n) is 2.91. The van der Waals surface area contributed by atoms with E-state index in [1.54, 1.807) is 18.3 Å². The molecule has 0 saturated heterocycles. The van der Waals surface area contributed by atoms with Crippen LogP contribution in [0.15, 0.2) is 29.2 Å². The number of rotatable bonds is 7. The zero-order valence-electron chi connectivity index (χ0n) is 11.5. The zero-order valence-corrected chi connectivity index (χ0v) is 11.5. The summed E-state index contributed by atoms with van der Waals surface area (Å²) in [6, 6.07) is 5.35. The molecule has 108 valence electrons. The maximum atomic E-state index is 12.0. The summed E-state index contributed by atoms with van der Waals surface area (Å²) in [6.07, 6.45) is 1.91. The summed E-state index contributed by atoms with van der Waals surface area (Å²) in [5.74, 6) is -0.0770. The third-order valence-corrected chi connectivity index (χ3v) is 2.91. The van der Waals surface area contributed by atoms with Crippen molar-refractivity contribution in [3.63, 3.8) is 0 Å². The average Bonchev–Trinajstić information content (AvgIpc) is 2.78. The molecule has 0 fully saturated rings. The van der Waals surface area contributed by atoms with Crippen molar-refractivity contribution >= 4 is 11.6 Å². The van der Waals surface area contributed by atoms with E-state index in [1.165, 1.54) is 9.08 Å². The number of carbonyl (C=O) groups excluding carboxylic acids is 1. The molecule has 2 heterocycles. The van der Waals surface area contributed by atoms with Crippen LogP contribution in [0.25, 0.3) is 5.65 Å². The molecule has 2 N–H and O–H groups in total. The molecule has 0 bridgehead atoms. The molecule has 0 aromatic carbocycles. The summed E-state index contributed by atoms with van der Waals surface area (Å²) >= 11 is 0. The minimum Gasteiger partial charge on any atom is -0.355 e. The SMILES string of the molecule is CCNCCNC(=O)CCn1nc2ccccn2c1=O. The van der Waals surface area contributed by atoms with Crippen molar-refractivity contribution in [2.24, 2.45) is 0 Å². The molecule has 0 aliphatic carbocycles. The largest absolute Gasteiger partial charge is 0.355 e. The molecule has 0 spiro atoms. The minimum atomic E-state index is -0.221. The first-order valence-corrected chi connectivity index (χ1v) is 6.74. The molecule has 7 nitrogen and oxygen atoms in total. The number of aromatic nitrogens is 3. The van der Waals surface area contributed by atoms with Crippen LogP contribution in [0, 0.1) is 0 Å². The Morgan fingerprint density at radius 1 is 1.35 bits per heavy atom. The van der Waals surface area contributed by atoms with Gasteiger partial charge in [0.1, 0.15) is 0 Å². The Kier molecular flexibility index (Phi) is 4.89. The summed E-state index contributed by atoms with van der Waals surface area (Å²) in [7, 11) is 0. The van der Waals surface area contributed by atoms with Crippen molar-refractivity contribution in [3.05, 3.63) is 34.9 Å². The van der Waals surface area contributed by atoms with E-state index in [0.717, 1.165) is 13.1 Å². The van der Waals surface area contributed by atoms with E-state index in [9.17, 15) is 9.59 Å². The van der Waals surface area contributed by atoms with Crippen LogP contribution in [0.5, 0.6) is 0 Å². The monoisotopic (exact) mass is 277 g/mol. The quantitative estimate of drug-likeness (QED) is 0.676. The highest BCUT2D eigenvalue weighted by atomic mass is 16.2. The molecule has 0 atom stereocenters. The van der Waals surface area contributed by atoms with Crippen molar-refractivity contribution in [2.45, 2.75) is 19.9 Å². The van der Waals surface area contributed by atoms with Gasteiger partial charge in [0.25, 0.3) is 0 Å². The van der Waals surface area contributed by atoms with Crippen LogP contribution in [-0.2, 0) is 11.3 Å². The molecule has 0 aliphatic heterocycles. The van der Waals surface area contributed by atoms with Crippen LogP contribution in [0.4, 0.5) is 0 Å². The van der Waals surface area contributed by atoms with Gasteiger partial charge in [-0.05, 0) is 18.7 Å². The molecule has 2 aromatic heterocycles. The van der Waals surface area contributed by atoms with E-state index in [1.807, 2.05) is 13.0 Å². The van der Waals surface area contributed by atoms with Crippen LogP contribution in [0.1, 0.15) is 13.3 Å². The number of hydrogen-bond donors (Lipinski definition) is 2. The van der Waals surface area contributed by atoms with Gasteiger partial charge in [0.05, 0.1) is 6.54 Å². The van der Waals surface area contributed by atoms with Gasteiger partial charge < -0.3 is 10.6 Å². The summed E-state index contributed by atoms with van der Waals surface area (Å²) in [5.41, 5.74) is 0.367. The number of amides is 1. The summed E-state index contributed by atoms with van der Waals surface area (Å²) in [4.78, 5) is 23.6. The molecule has 20 heavy (non-hydrogen) atoms. The van der Waals surface area contributed by atoms with Gasteiger partial charge in [0.2, 0.25) is 5.91 Å². The van der Waals surface area contributed by atoms with Crippen LogP contribution in [0.3, 0.4) is 0 Å². The fourth-order valence-electron chi connectivity index (χ4n) is 1.88. The molecular formula is C13H19N5O2. The number of aryl methyl sites for hydroxylation is 1. The smallest absolute Gasteiger partial charge is 0.350 e. The Bertz CT molecular complexity index is 631. The highest BCUT2D eigenvalue weighted by Gasteiger charge is 2.07. The average molecular weight is 277 g/mol. The standard InChI is InChI=1S/C13H19N5O2/c1-2-14-7-8-15-12(19)6-10-18-13(20)17-9-4-3-5-11(17)16-18/h3-5,9,14H,2,6-8,10H2,1H3,(H,15,19). The van der Waals surface area contributed by atoms with E-state index in [0.29, 0.717) is 12.2 Å². The molecule has 7 heteroatoms. The minimum absolute atomic E-state index is 0.0770. The lowest BCUT2D eigenvalue weighted by Gasteiger charge is -2.04. The summed E-state index contributed by atoms with van der Waals surface area (Å²) in [5, 5.41) is 10.1. The van der Waals surface area contributed by atoms with Crippen molar-refractivity contribution in [2.75, 3.05) is 19.6 Å². The second kappa shape index (κ2) is 6.85. The first-order chi connectivity index (χ1) is 9.72. The maximum absolute atomic E-state index is 12.0. The van der Waals surface area contributed by atoms with Gasteiger partial charge in [0.15, 0.2) is 5.65 Å². The predicted octanol–water partition coefficient (Wildman–Crippen LogP) is -0.388. The third kappa shape index (κ3) is 3.45. The van der Waals surface area contributed by atoms with Gasteiger partial charge in [-0.2, -0.15) is 0 Å². The van der Waals surface area contributed by atoms with E-state index < -0.39 is 0 Å². The van der Waals surface area contributed by atoms with Crippen LogP contribution < -0.4 is 16.3 Å². The van der Waals surface area contributed by atoms with Crippen molar-refractivity contribution < 1.29 is 4.79 Å². The summed E-state index contributed by atoms with van der Waals surface area (Å²) in [6.45, 7) is 4.51. The Morgan fingerprint density at radius 3 is 2.95 bits per heavy atom. The Hall–Kier alpha value is -2.15. The lowest BCUT2D eigenvalue weighted by molar-refractivity contribution is -0.121. The van der Waals surface area contributed by atoms with Gasteiger partial charge in [-0.25, -0.2) is 9.48 Å². The maximum Gasteiger partial charge on any atom is 0.350 e. The Balaban J connectivity index is 1.88. The second-order valence-corrected chi connectivity index (χ2v) is 4.39. The van der Waals surface area contributed by atoms with Crippen molar-refractivity contribution in [1.29, 1.82) is 0 Å². The molecule has 0 radical (unpaired) electrons. The molecule has 1 amide bonds. The van der Waals surface area contributed by atoms with Gasteiger partial charge >= 0.3 is 5.69 Å². The van der Waals surface area contributed by atoms with Gasteiger partial charge in [-0.15, -0.1) is 5.10 Å². The molecule has 0 saturated carbocycles. The van der Waals surface area contributed by atoms with E-state index >= 15 is 0 Å². The topological polar surface area (TPSA) is 80.4 Å². The highest BCUT2D eigenvalue weighted by Crippen LogP contribution is 1.95. The Labute approximate surface area is 116 Å². The fourth-order valence-corrected chi connectivity index (χ4v) is 1.88. The molecule has 0 unspecified atom stereocenters. The van der Waals surface area contributed by atoms with Gasteiger partial charge in [0, 0.05) is 25.7 Å². The first-order valence-electron chi connectivity index (χ1n) is 6.74. The predicted molar refractivity (Wildman–Crippen MR) is 75.6 cm³/mol. The van der Waals surface area contributed by atoms with Crippen molar-refractivity contribution in [1.82, 2.24) is 24.8 Å². The lowest BCUT2D eigenvalue weighted by atomic mass is 10.4. The van der Waals surface area contributed by atoms with Gasteiger partial charge in [-0.3, -0.25) is 9.20 Å². The number of carbonyl (C=O) groups is 1. The molecule has 2 aromatic rings. The van der Waals surface area contributed by atoms with Crippen LogP contribution in [-0.4, -0.2) is 39.7 Å². The highest BCUT2D eigenvalue weighted by molar-refractivity contribution is 5.75. The second-order valence-electron chi connectivity index (χ2n) is 4.39. The van der Waals surface area contributed by atoms with E-state index in [-0.39, 0.29) is 24.6 Å². The van der Waals surface area contributed by atoms with E-state index in [2.05, 4.69) is 15.7 Å². The van der Waals surface area contributed by atoms with Crippen LogP contribution in [0.2, 0.25) is 0 Å². The number of nitrogens with one attached hydrogen (secondary N) is 2. The summed E-state index contributed by atoms with van der Waals surface area (Å²) < 4.78 is 2.78. The number of likely N-dealkylation sites (N-methyl/N-ethyl adjacent to an activating group) is 1. The lowest BCUT2D eigenvalue weighted by Crippen LogP contribution is -2.33. The van der Waals surface area contributed by atoms with E-state index in [4.69, 9.17) is 0 Å². The Morgan fingerprint density at radius 2 is 2.20 bits per heavy atom. The van der Waals surface area contributed by atoms with Gasteiger partial charge in [-0.1, -0.05) is 13.0 Å². The number of fused-ring (bicyclic) bond motifs is 1. The van der Waals surface area contributed by atoms with Crippen molar-refractivity contribution in [3.8, 4) is 0 Å². The number of nitrogens with zero attached hydrogens (tertiary/aromatic N) is 3. The molecule has 0 aliphatic rings.